The van der Waals surface area contributed by atoms with E-state index in [1.54, 1.807) is 6.92 Å². The van der Waals surface area contributed by atoms with Gasteiger partial charge >= 0.3 is 5.97 Å². The van der Waals surface area contributed by atoms with Gasteiger partial charge in [0.25, 0.3) is 0 Å². The van der Waals surface area contributed by atoms with Gasteiger partial charge in [0, 0.05) is 12.5 Å². The van der Waals surface area contributed by atoms with Crippen LogP contribution in [-0.2, 0) is 15.9 Å². The Morgan fingerprint density at radius 3 is 2.81 bits per heavy atom. The Morgan fingerprint density at radius 2 is 2.00 bits per heavy atom. The Balaban J connectivity index is 1.87. The van der Waals surface area contributed by atoms with Crippen molar-refractivity contribution in [2.75, 3.05) is 0 Å². The van der Waals surface area contributed by atoms with Crippen molar-refractivity contribution in [3.05, 3.63) is 46.5 Å². The van der Waals surface area contributed by atoms with Gasteiger partial charge in [-0.05, 0) is 38.2 Å². The molecule has 0 amide bonds. The van der Waals surface area contributed by atoms with Crippen LogP contribution in [0.15, 0.2) is 30.4 Å². The van der Waals surface area contributed by atoms with Gasteiger partial charge in [-0.25, -0.2) is 4.79 Å². The molecule has 0 radical (unpaired) electrons. The van der Waals surface area contributed by atoms with Crippen molar-refractivity contribution in [1.82, 2.24) is 0 Å². The minimum absolute atomic E-state index is 0.0341. The van der Waals surface area contributed by atoms with Crippen LogP contribution in [-0.4, -0.2) is 34.5 Å². The van der Waals surface area contributed by atoms with Crippen LogP contribution < -0.4 is 0 Å². The van der Waals surface area contributed by atoms with E-state index in [1.807, 2.05) is 18.2 Å². The van der Waals surface area contributed by atoms with Crippen molar-refractivity contribution in [3.8, 4) is 11.5 Å². The number of phenols is 2. The predicted octanol–water partition coefficient (Wildman–Crippen LogP) is 4.29. The number of allylic oxidation sites excluding steroid dienone is 3. The molecule has 3 unspecified atom stereocenters. The normalized spacial score (nSPS) is 29.2. The number of fused-ring (bicyclic) bond motifs is 2. The zero-order valence-corrected chi connectivity index (χ0v) is 15.4. The molecule has 1 saturated heterocycles. The monoisotopic (exact) mass is 378 g/mol. The van der Waals surface area contributed by atoms with Crippen molar-refractivity contribution < 1.29 is 24.5 Å². The first-order chi connectivity index (χ1) is 12.5. The van der Waals surface area contributed by atoms with Crippen molar-refractivity contribution in [2.24, 2.45) is 0 Å². The Labute approximate surface area is 157 Å². The summed E-state index contributed by atoms with van der Waals surface area (Å²) in [4.78, 5) is 12.6. The fraction of sp³-hybridized carbons (Fsp3) is 0.450. The predicted molar refractivity (Wildman–Crippen MR) is 98.8 cm³/mol. The van der Waals surface area contributed by atoms with Gasteiger partial charge in [0.15, 0.2) is 0 Å². The number of carbonyl (C=O) groups is 1. The van der Waals surface area contributed by atoms with Crippen LogP contribution in [0, 0.1) is 0 Å². The number of cyclic esters (lactones) is 1. The van der Waals surface area contributed by atoms with Gasteiger partial charge in [0.1, 0.15) is 29.3 Å². The van der Waals surface area contributed by atoms with Crippen molar-refractivity contribution in [2.45, 2.75) is 57.3 Å². The summed E-state index contributed by atoms with van der Waals surface area (Å²) in [5.41, 5.74) is 0.466. The van der Waals surface area contributed by atoms with E-state index in [9.17, 15) is 15.0 Å². The highest BCUT2D eigenvalue weighted by Crippen LogP contribution is 2.38. The van der Waals surface area contributed by atoms with Gasteiger partial charge < -0.3 is 19.7 Å². The van der Waals surface area contributed by atoms with Gasteiger partial charge in [-0.1, -0.05) is 35.9 Å². The smallest absolute Gasteiger partial charge is 0.342 e. The van der Waals surface area contributed by atoms with E-state index < -0.39 is 5.97 Å². The summed E-state index contributed by atoms with van der Waals surface area (Å²) in [6.45, 7) is 1.79. The molecule has 1 aromatic carbocycles. The summed E-state index contributed by atoms with van der Waals surface area (Å²) in [5.74, 6) is -1.19. The summed E-state index contributed by atoms with van der Waals surface area (Å²) < 4.78 is 11.1. The molecule has 26 heavy (non-hydrogen) atoms. The average molecular weight is 379 g/mol. The zero-order valence-electron chi connectivity index (χ0n) is 14.7. The second-order valence-electron chi connectivity index (χ2n) is 6.73. The lowest BCUT2D eigenvalue weighted by atomic mass is 9.99. The minimum Gasteiger partial charge on any atom is -0.507 e. The first-order valence-electron chi connectivity index (χ1n) is 8.90. The van der Waals surface area contributed by atoms with E-state index in [4.69, 9.17) is 21.1 Å². The van der Waals surface area contributed by atoms with Crippen LogP contribution in [0.5, 0.6) is 11.5 Å². The molecule has 0 spiro atoms. The lowest BCUT2D eigenvalue weighted by molar-refractivity contribution is 0.0305. The van der Waals surface area contributed by atoms with Gasteiger partial charge in [-0.15, -0.1) is 0 Å². The van der Waals surface area contributed by atoms with E-state index in [1.165, 1.54) is 0 Å². The number of esters is 1. The number of hydrogen-bond donors (Lipinski definition) is 2. The van der Waals surface area contributed by atoms with Crippen molar-refractivity contribution in [1.29, 1.82) is 0 Å². The molecule has 0 aromatic heterocycles. The second-order valence-corrected chi connectivity index (χ2v) is 7.11. The van der Waals surface area contributed by atoms with Crippen LogP contribution in [0.1, 0.15) is 48.5 Å². The fourth-order valence-corrected chi connectivity index (χ4v) is 3.43. The molecule has 2 heterocycles. The SMILES string of the molecule is CC1CC2OC2/C=C\C=C\CCCCc2c(Cl)c(O)cc(O)c2C(=O)O1. The Hall–Kier alpha value is -1.98. The molecule has 2 aliphatic heterocycles. The molecule has 0 saturated carbocycles. The van der Waals surface area contributed by atoms with Crippen molar-refractivity contribution in [3.63, 3.8) is 0 Å². The lowest BCUT2D eigenvalue weighted by Crippen LogP contribution is -2.19. The number of halogens is 1. The number of carbonyl (C=O) groups excluding carboxylic acids is 1. The Morgan fingerprint density at radius 1 is 1.19 bits per heavy atom. The molecule has 2 aliphatic rings. The summed E-state index contributed by atoms with van der Waals surface area (Å²) in [5, 5.41) is 20.2. The van der Waals surface area contributed by atoms with Crippen LogP contribution in [0.3, 0.4) is 0 Å². The molecule has 5 nitrogen and oxygen atoms in total. The molecule has 0 aliphatic carbocycles. The maximum absolute atomic E-state index is 12.6. The number of rotatable bonds is 0. The molecule has 1 aromatic rings. The molecular weight excluding hydrogens is 356 g/mol. The van der Waals surface area contributed by atoms with Gasteiger partial charge in [0.2, 0.25) is 0 Å². The minimum atomic E-state index is -0.633. The quantitative estimate of drug-likeness (QED) is 0.520. The number of ether oxygens (including phenoxy) is 2. The van der Waals surface area contributed by atoms with Crippen LogP contribution >= 0.6 is 11.6 Å². The molecule has 3 rings (SSSR count). The van der Waals surface area contributed by atoms with E-state index >= 15 is 0 Å². The van der Waals surface area contributed by atoms with Gasteiger partial charge in [-0.3, -0.25) is 0 Å². The standard InChI is InChI=1S/C20H23ClO5/c1-12-10-17-16(26-17)9-7-5-3-2-4-6-8-13-18(20(24)25-12)14(22)11-15(23)19(13)21/h3,5,7,9,11-12,16-17,22-23H,2,4,6,8,10H2,1H3/b5-3+,9-7-. The maximum Gasteiger partial charge on any atom is 0.342 e. The van der Waals surface area contributed by atoms with E-state index in [0.29, 0.717) is 18.4 Å². The zero-order chi connectivity index (χ0) is 18.7. The summed E-state index contributed by atoms with van der Waals surface area (Å²) >= 11 is 6.20. The molecule has 0 bridgehead atoms. The molecule has 1 fully saturated rings. The fourth-order valence-electron chi connectivity index (χ4n) is 3.19. The summed E-state index contributed by atoms with van der Waals surface area (Å²) in [7, 11) is 0. The molecule has 6 heteroatoms. The van der Waals surface area contributed by atoms with Crippen LogP contribution in [0.2, 0.25) is 5.02 Å². The second kappa shape index (κ2) is 8.14. The highest BCUT2D eigenvalue weighted by Gasteiger charge is 2.38. The summed E-state index contributed by atoms with van der Waals surface area (Å²) in [6.07, 6.45) is 11.4. The third kappa shape index (κ3) is 4.40. The third-order valence-corrected chi connectivity index (χ3v) is 5.04. The van der Waals surface area contributed by atoms with Crippen molar-refractivity contribution >= 4 is 17.6 Å². The van der Waals surface area contributed by atoms with E-state index in [-0.39, 0.29) is 40.4 Å². The molecule has 2 N–H and O–H groups in total. The van der Waals surface area contributed by atoms with E-state index in [2.05, 4.69) is 6.08 Å². The highest BCUT2D eigenvalue weighted by atomic mass is 35.5. The number of epoxide rings is 1. The average Bonchev–Trinajstić information content (AvgIpc) is 3.30. The summed E-state index contributed by atoms with van der Waals surface area (Å²) in [6, 6.07) is 1.08. The van der Waals surface area contributed by atoms with Gasteiger partial charge in [-0.2, -0.15) is 0 Å². The third-order valence-electron chi connectivity index (χ3n) is 4.62. The lowest BCUT2D eigenvalue weighted by Gasteiger charge is -2.17. The largest absolute Gasteiger partial charge is 0.507 e. The topological polar surface area (TPSA) is 79.3 Å². The number of benzene rings is 1. The number of aromatic hydroxyl groups is 2. The molecular formula is C20H23ClO5. The first kappa shape index (κ1) is 18.8. The number of phenolic OH excluding ortho intramolecular Hbond substituents is 2. The maximum atomic E-state index is 12.6. The van der Waals surface area contributed by atoms with Crippen LogP contribution in [0.25, 0.3) is 0 Å². The number of hydrogen-bond acceptors (Lipinski definition) is 5. The van der Waals surface area contributed by atoms with Gasteiger partial charge in [0.05, 0.1) is 11.1 Å². The Bertz CT molecular complexity index is 740. The first-order valence-corrected chi connectivity index (χ1v) is 9.28. The van der Waals surface area contributed by atoms with E-state index in [0.717, 1.165) is 25.3 Å². The highest BCUT2D eigenvalue weighted by molar-refractivity contribution is 6.33. The molecule has 140 valence electrons. The van der Waals surface area contributed by atoms with Crippen LogP contribution in [0.4, 0.5) is 0 Å². The molecule has 3 atom stereocenters. The Kier molecular flexibility index (Phi) is 5.89.